The fourth-order valence-electron chi connectivity index (χ4n) is 1.18. The lowest BCUT2D eigenvalue weighted by atomic mass is 10.4. The average Bonchev–Trinajstić information content (AvgIpc) is 2.60. The van der Waals surface area contributed by atoms with Gasteiger partial charge in [-0.2, -0.15) is 0 Å². The molecule has 1 aromatic rings. The van der Waals surface area contributed by atoms with Crippen LogP contribution in [0.15, 0.2) is 12.4 Å². The second kappa shape index (κ2) is 5.75. The number of aryl methyl sites for hydroxylation is 1. The van der Waals surface area contributed by atoms with Gasteiger partial charge in [-0.1, -0.05) is 20.3 Å². The number of imidazole rings is 1. The van der Waals surface area contributed by atoms with Crippen molar-refractivity contribution >= 4 is 0 Å². The number of aromatic nitrogens is 2. The molecule has 1 aromatic heterocycles. The molecular weight excluding hydrogens is 164 g/mol. The van der Waals surface area contributed by atoms with Gasteiger partial charge < -0.3 is 9.30 Å². The molecule has 0 aliphatic heterocycles. The van der Waals surface area contributed by atoms with Crippen molar-refractivity contribution in [2.24, 2.45) is 0 Å². The van der Waals surface area contributed by atoms with E-state index in [1.165, 1.54) is 6.42 Å². The highest BCUT2D eigenvalue weighted by Crippen LogP contribution is 1.99. The van der Waals surface area contributed by atoms with E-state index in [9.17, 15) is 0 Å². The van der Waals surface area contributed by atoms with Gasteiger partial charge in [0.2, 0.25) is 0 Å². The van der Waals surface area contributed by atoms with Crippen molar-refractivity contribution in [2.45, 2.75) is 39.8 Å². The summed E-state index contributed by atoms with van der Waals surface area (Å²) in [5, 5.41) is 0. The molecule has 3 nitrogen and oxygen atoms in total. The molecule has 1 rings (SSSR count). The molecule has 3 heteroatoms. The van der Waals surface area contributed by atoms with E-state index in [0.29, 0.717) is 6.73 Å². The van der Waals surface area contributed by atoms with Crippen molar-refractivity contribution in [2.75, 3.05) is 6.61 Å². The summed E-state index contributed by atoms with van der Waals surface area (Å²) in [7, 11) is 0. The molecule has 0 saturated carbocycles. The van der Waals surface area contributed by atoms with Gasteiger partial charge in [-0.15, -0.1) is 0 Å². The first kappa shape index (κ1) is 10.3. The summed E-state index contributed by atoms with van der Waals surface area (Å²) in [6.07, 6.45) is 7.07. The quantitative estimate of drug-likeness (QED) is 0.631. The van der Waals surface area contributed by atoms with Crippen LogP contribution in [0.25, 0.3) is 0 Å². The predicted octanol–water partition coefficient (Wildman–Crippen LogP) is 2.22. The molecule has 0 bridgehead atoms. The van der Waals surface area contributed by atoms with Gasteiger partial charge in [0.1, 0.15) is 12.6 Å². The maximum Gasteiger partial charge on any atom is 0.123 e. The first-order valence-corrected chi connectivity index (χ1v) is 4.96. The molecule has 13 heavy (non-hydrogen) atoms. The summed E-state index contributed by atoms with van der Waals surface area (Å²) < 4.78 is 7.54. The van der Waals surface area contributed by atoms with Crippen LogP contribution in [0.3, 0.4) is 0 Å². The summed E-state index contributed by atoms with van der Waals surface area (Å²) in [5.41, 5.74) is 0. The molecule has 1 heterocycles. The number of rotatable bonds is 6. The largest absolute Gasteiger partial charge is 0.361 e. The van der Waals surface area contributed by atoms with E-state index < -0.39 is 0 Å². The van der Waals surface area contributed by atoms with E-state index >= 15 is 0 Å². The van der Waals surface area contributed by atoms with E-state index in [1.807, 2.05) is 12.4 Å². The van der Waals surface area contributed by atoms with Crippen LogP contribution in [-0.2, 0) is 17.9 Å². The van der Waals surface area contributed by atoms with E-state index in [0.717, 1.165) is 25.3 Å². The van der Waals surface area contributed by atoms with E-state index in [4.69, 9.17) is 4.74 Å². The maximum absolute atomic E-state index is 5.48. The Morgan fingerprint density at radius 1 is 1.46 bits per heavy atom. The molecule has 0 aliphatic carbocycles. The van der Waals surface area contributed by atoms with Crippen molar-refractivity contribution in [1.29, 1.82) is 0 Å². The van der Waals surface area contributed by atoms with Gasteiger partial charge in [0, 0.05) is 25.4 Å². The zero-order valence-electron chi connectivity index (χ0n) is 8.49. The minimum Gasteiger partial charge on any atom is -0.361 e. The SMILES string of the molecule is CCCCOCn1ccnc1CC. The highest BCUT2D eigenvalue weighted by molar-refractivity contribution is 4.90. The van der Waals surface area contributed by atoms with Crippen molar-refractivity contribution < 1.29 is 4.74 Å². The molecule has 0 atom stereocenters. The molecule has 0 amide bonds. The van der Waals surface area contributed by atoms with Crippen LogP contribution in [0.1, 0.15) is 32.5 Å². The monoisotopic (exact) mass is 182 g/mol. The molecule has 0 saturated heterocycles. The molecule has 74 valence electrons. The lowest BCUT2D eigenvalue weighted by Crippen LogP contribution is -2.06. The lowest BCUT2D eigenvalue weighted by Gasteiger charge is -2.06. The molecule has 0 fully saturated rings. The molecule has 0 aromatic carbocycles. The lowest BCUT2D eigenvalue weighted by molar-refractivity contribution is 0.0730. The average molecular weight is 182 g/mol. The zero-order chi connectivity index (χ0) is 9.52. The number of nitrogens with zero attached hydrogens (tertiary/aromatic N) is 2. The van der Waals surface area contributed by atoms with Gasteiger partial charge in [0.05, 0.1) is 0 Å². The van der Waals surface area contributed by atoms with Gasteiger partial charge in [-0.05, 0) is 6.42 Å². The first-order valence-electron chi connectivity index (χ1n) is 4.96. The molecule has 0 aliphatic rings. The summed E-state index contributed by atoms with van der Waals surface area (Å²) in [5.74, 6) is 1.09. The van der Waals surface area contributed by atoms with Crippen LogP contribution in [0.4, 0.5) is 0 Å². The van der Waals surface area contributed by atoms with Crippen molar-refractivity contribution in [1.82, 2.24) is 9.55 Å². The molecule has 0 unspecified atom stereocenters. The van der Waals surface area contributed by atoms with E-state index in [1.54, 1.807) is 0 Å². The third-order valence-electron chi connectivity index (χ3n) is 1.99. The number of hydrogen-bond donors (Lipinski definition) is 0. The fraction of sp³-hybridized carbons (Fsp3) is 0.700. The van der Waals surface area contributed by atoms with Gasteiger partial charge in [0.25, 0.3) is 0 Å². The van der Waals surface area contributed by atoms with Gasteiger partial charge in [-0.25, -0.2) is 4.98 Å². The third-order valence-corrected chi connectivity index (χ3v) is 1.99. The molecule has 0 spiro atoms. The van der Waals surface area contributed by atoms with Crippen LogP contribution < -0.4 is 0 Å². The molecular formula is C10H18N2O. The molecule has 0 radical (unpaired) electrons. The van der Waals surface area contributed by atoms with E-state index in [-0.39, 0.29) is 0 Å². The van der Waals surface area contributed by atoms with Gasteiger partial charge in [0.15, 0.2) is 0 Å². The normalized spacial score (nSPS) is 10.6. The molecule has 0 N–H and O–H groups in total. The van der Waals surface area contributed by atoms with Gasteiger partial charge >= 0.3 is 0 Å². The Hall–Kier alpha value is -0.830. The van der Waals surface area contributed by atoms with Crippen molar-refractivity contribution in [3.63, 3.8) is 0 Å². The third kappa shape index (κ3) is 3.19. The second-order valence-corrected chi connectivity index (χ2v) is 3.06. The summed E-state index contributed by atoms with van der Waals surface area (Å²) in [4.78, 5) is 4.22. The Morgan fingerprint density at radius 3 is 3.00 bits per heavy atom. The topological polar surface area (TPSA) is 27.1 Å². The Balaban J connectivity index is 2.27. The summed E-state index contributed by atoms with van der Waals surface area (Å²) in [6, 6.07) is 0. The zero-order valence-corrected chi connectivity index (χ0v) is 8.49. The number of hydrogen-bond acceptors (Lipinski definition) is 2. The van der Waals surface area contributed by atoms with Crippen LogP contribution in [-0.4, -0.2) is 16.2 Å². The van der Waals surface area contributed by atoms with Crippen LogP contribution in [0.5, 0.6) is 0 Å². The second-order valence-electron chi connectivity index (χ2n) is 3.06. The Kier molecular flexibility index (Phi) is 4.54. The first-order chi connectivity index (χ1) is 6.38. The van der Waals surface area contributed by atoms with E-state index in [2.05, 4.69) is 23.4 Å². The van der Waals surface area contributed by atoms with Crippen LogP contribution in [0, 0.1) is 0 Å². The number of unbranched alkanes of at least 4 members (excludes halogenated alkanes) is 1. The Bertz CT molecular complexity index is 233. The predicted molar refractivity (Wildman–Crippen MR) is 52.5 cm³/mol. The minimum atomic E-state index is 0.642. The van der Waals surface area contributed by atoms with Crippen LogP contribution in [0.2, 0.25) is 0 Å². The van der Waals surface area contributed by atoms with Gasteiger partial charge in [-0.3, -0.25) is 0 Å². The summed E-state index contributed by atoms with van der Waals surface area (Å²) in [6.45, 7) is 5.75. The highest BCUT2D eigenvalue weighted by Gasteiger charge is 1.98. The smallest absolute Gasteiger partial charge is 0.123 e. The number of ether oxygens (including phenoxy) is 1. The fourth-order valence-corrected chi connectivity index (χ4v) is 1.18. The maximum atomic E-state index is 5.48. The van der Waals surface area contributed by atoms with Crippen molar-refractivity contribution in [3.05, 3.63) is 18.2 Å². The van der Waals surface area contributed by atoms with Crippen LogP contribution >= 0.6 is 0 Å². The minimum absolute atomic E-state index is 0.642. The summed E-state index contributed by atoms with van der Waals surface area (Å²) >= 11 is 0. The highest BCUT2D eigenvalue weighted by atomic mass is 16.5. The Labute approximate surface area is 79.7 Å². The Morgan fingerprint density at radius 2 is 2.31 bits per heavy atom. The standard InChI is InChI=1S/C10H18N2O/c1-3-5-8-13-9-12-7-6-11-10(12)4-2/h6-7H,3-5,8-9H2,1-2H3. The van der Waals surface area contributed by atoms with Crippen molar-refractivity contribution in [3.8, 4) is 0 Å².